The van der Waals surface area contributed by atoms with Crippen LogP contribution in [0.15, 0.2) is 60.7 Å². The summed E-state index contributed by atoms with van der Waals surface area (Å²) in [7, 11) is 0. The minimum Gasteiger partial charge on any atom is -0.504 e. The van der Waals surface area contributed by atoms with Crippen molar-refractivity contribution in [1.29, 1.82) is 0 Å². The smallest absolute Gasteiger partial charge is 0.201 e. The van der Waals surface area contributed by atoms with E-state index in [-0.39, 0.29) is 23.0 Å². The van der Waals surface area contributed by atoms with Crippen molar-refractivity contribution in [2.24, 2.45) is 0 Å². The fraction of sp³-hybridized carbons (Fsp3) is 0. The fourth-order valence-corrected chi connectivity index (χ4v) is 2.89. The Morgan fingerprint density at radius 3 is 1.40 bits per heavy atom. The molecule has 0 saturated carbocycles. The van der Waals surface area contributed by atoms with Gasteiger partial charge in [-0.05, 0) is 22.9 Å². The van der Waals surface area contributed by atoms with Crippen molar-refractivity contribution in [3.05, 3.63) is 60.7 Å². The van der Waals surface area contributed by atoms with Gasteiger partial charge in [0.25, 0.3) is 0 Å². The Balaban J connectivity index is 2.01. The molecule has 4 rings (SSSR count). The molecule has 0 amide bonds. The van der Waals surface area contributed by atoms with E-state index >= 15 is 0 Å². The molecule has 4 N–H and O–H groups in total. The standard InChI is InChI=1S/C20H14O5/c21-15-9-11-5-1-3-7-13(11)19(17(15)23)25-20-14-8-4-2-6-12(14)10-16(22)18(20)24/h1-10,21-24H. The van der Waals surface area contributed by atoms with Crippen LogP contribution in [-0.4, -0.2) is 20.4 Å². The molecule has 0 unspecified atom stereocenters. The van der Waals surface area contributed by atoms with Gasteiger partial charge in [0.05, 0.1) is 0 Å². The van der Waals surface area contributed by atoms with Crippen LogP contribution in [0.4, 0.5) is 0 Å². The monoisotopic (exact) mass is 334 g/mol. The van der Waals surface area contributed by atoms with Crippen LogP contribution in [0.5, 0.6) is 34.5 Å². The first-order chi connectivity index (χ1) is 12.1. The first-order valence-electron chi connectivity index (χ1n) is 7.61. The van der Waals surface area contributed by atoms with E-state index < -0.39 is 11.5 Å². The van der Waals surface area contributed by atoms with Crippen molar-refractivity contribution in [1.82, 2.24) is 0 Å². The highest BCUT2D eigenvalue weighted by Gasteiger charge is 2.19. The van der Waals surface area contributed by atoms with E-state index in [2.05, 4.69) is 0 Å². The van der Waals surface area contributed by atoms with Crippen molar-refractivity contribution in [3.63, 3.8) is 0 Å². The molecule has 4 aromatic rings. The Kier molecular flexibility index (Phi) is 3.28. The lowest BCUT2D eigenvalue weighted by atomic mass is 10.1. The average molecular weight is 334 g/mol. The van der Waals surface area contributed by atoms with E-state index in [1.807, 2.05) is 0 Å². The molecular weight excluding hydrogens is 320 g/mol. The maximum atomic E-state index is 10.3. The zero-order chi connectivity index (χ0) is 17.6. The summed E-state index contributed by atoms with van der Waals surface area (Å²) in [6, 6.07) is 17.0. The van der Waals surface area contributed by atoms with Crippen molar-refractivity contribution < 1.29 is 25.2 Å². The molecule has 4 aromatic carbocycles. The molecule has 0 atom stereocenters. The molecule has 0 saturated heterocycles. The van der Waals surface area contributed by atoms with Crippen LogP contribution in [0.3, 0.4) is 0 Å². The second-order valence-corrected chi connectivity index (χ2v) is 5.69. The quantitative estimate of drug-likeness (QED) is 0.402. The highest BCUT2D eigenvalue weighted by Crippen LogP contribution is 2.49. The van der Waals surface area contributed by atoms with E-state index in [0.29, 0.717) is 21.5 Å². The summed E-state index contributed by atoms with van der Waals surface area (Å²) in [4.78, 5) is 0. The van der Waals surface area contributed by atoms with Crippen molar-refractivity contribution in [3.8, 4) is 34.5 Å². The molecule has 5 nitrogen and oxygen atoms in total. The molecule has 25 heavy (non-hydrogen) atoms. The van der Waals surface area contributed by atoms with Crippen LogP contribution in [0.1, 0.15) is 0 Å². The lowest BCUT2D eigenvalue weighted by Crippen LogP contribution is -1.90. The number of phenols is 4. The maximum Gasteiger partial charge on any atom is 0.201 e. The Labute approximate surface area is 142 Å². The first kappa shape index (κ1) is 15.0. The van der Waals surface area contributed by atoms with Gasteiger partial charge in [0.2, 0.25) is 11.5 Å². The van der Waals surface area contributed by atoms with Gasteiger partial charge in [0, 0.05) is 10.8 Å². The number of hydrogen-bond donors (Lipinski definition) is 4. The third-order valence-corrected chi connectivity index (χ3v) is 4.11. The normalized spacial score (nSPS) is 11.0. The van der Waals surface area contributed by atoms with Gasteiger partial charge in [0.1, 0.15) is 0 Å². The Morgan fingerprint density at radius 1 is 0.560 bits per heavy atom. The zero-order valence-electron chi connectivity index (χ0n) is 13.0. The van der Waals surface area contributed by atoms with Gasteiger partial charge in [-0.1, -0.05) is 48.5 Å². The van der Waals surface area contributed by atoms with Gasteiger partial charge in [-0.25, -0.2) is 0 Å². The molecule has 0 aliphatic heterocycles. The molecular formula is C20H14O5. The van der Waals surface area contributed by atoms with E-state index in [0.717, 1.165) is 0 Å². The third-order valence-electron chi connectivity index (χ3n) is 4.11. The molecule has 5 heteroatoms. The van der Waals surface area contributed by atoms with Gasteiger partial charge >= 0.3 is 0 Å². The summed E-state index contributed by atoms with van der Waals surface area (Å²) in [5.41, 5.74) is 0. The van der Waals surface area contributed by atoms with Crippen LogP contribution < -0.4 is 4.74 Å². The molecule has 0 aromatic heterocycles. The number of phenolic OH excluding ortho intramolecular Hbond substituents is 4. The Hall–Kier alpha value is -3.60. The largest absolute Gasteiger partial charge is 0.504 e. The van der Waals surface area contributed by atoms with Crippen LogP contribution in [0.25, 0.3) is 21.5 Å². The van der Waals surface area contributed by atoms with E-state index in [1.54, 1.807) is 48.5 Å². The van der Waals surface area contributed by atoms with Gasteiger partial charge in [0.15, 0.2) is 23.0 Å². The summed E-state index contributed by atoms with van der Waals surface area (Å²) in [5, 5.41) is 42.9. The topological polar surface area (TPSA) is 90.2 Å². The van der Waals surface area contributed by atoms with Gasteiger partial charge in [-0.3, -0.25) is 0 Å². The van der Waals surface area contributed by atoms with Crippen molar-refractivity contribution in [2.75, 3.05) is 0 Å². The van der Waals surface area contributed by atoms with E-state index in [9.17, 15) is 20.4 Å². The lowest BCUT2D eigenvalue weighted by Gasteiger charge is -2.15. The minimum atomic E-state index is -0.439. The number of fused-ring (bicyclic) bond motifs is 2. The molecule has 0 heterocycles. The predicted molar refractivity (Wildman–Crippen MR) is 94.6 cm³/mol. The molecule has 124 valence electrons. The Bertz CT molecular complexity index is 1030. The second kappa shape index (κ2) is 5.49. The summed E-state index contributed by atoms with van der Waals surface area (Å²) in [6.07, 6.45) is 0. The van der Waals surface area contributed by atoms with Crippen molar-refractivity contribution >= 4 is 21.5 Å². The van der Waals surface area contributed by atoms with Gasteiger partial charge in [-0.2, -0.15) is 0 Å². The number of aromatic hydroxyl groups is 4. The first-order valence-corrected chi connectivity index (χ1v) is 7.61. The van der Waals surface area contributed by atoms with E-state index in [1.165, 1.54) is 12.1 Å². The van der Waals surface area contributed by atoms with Crippen LogP contribution in [-0.2, 0) is 0 Å². The van der Waals surface area contributed by atoms with Crippen molar-refractivity contribution in [2.45, 2.75) is 0 Å². The fourth-order valence-electron chi connectivity index (χ4n) is 2.89. The molecule has 0 radical (unpaired) electrons. The average Bonchev–Trinajstić information content (AvgIpc) is 2.62. The molecule has 0 bridgehead atoms. The predicted octanol–water partition coefficient (Wildman–Crippen LogP) is 4.61. The minimum absolute atomic E-state index is 0.00153. The zero-order valence-corrected chi connectivity index (χ0v) is 13.0. The highest BCUT2D eigenvalue weighted by molar-refractivity contribution is 5.96. The summed E-state index contributed by atoms with van der Waals surface area (Å²) in [6.45, 7) is 0. The summed E-state index contributed by atoms with van der Waals surface area (Å²) in [5.74, 6) is -1.55. The van der Waals surface area contributed by atoms with Crippen LogP contribution in [0.2, 0.25) is 0 Å². The summed E-state index contributed by atoms with van der Waals surface area (Å²) >= 11 is 0. The third kappa shape index (κ3) is 2.33. The maximum absolute atomic E-state index is 10.3. The molecule has 0 aliphatic rings. The lowest BCUT2D eigenvalue weighted by molar-refractivity contribution is 0.356. The molecule has 0 spiro atoms. The van der Waals surface area contributed by atoms with Gasteiger partial charge in [-0.15, -0.1) is 0 Å². The van der Waals surface area contributed by atoms with E-state index in [4.69, 9.17) is 4.74 Å². The molecule has 0 fully saturated rings. The number of rotatable bonds is 2. The Morgan fingerprint density at radius 2 is 0.960 bits per heavy atom. The highest BCUT2D eigenvalue weighted by atomic mass is 16.5. The molecule has 0 aliphatic carbocycles. The van der Waals surface area contributed by atoms with Crippen LogP contribution in [0, 0.1) is 0 Å². The number of benzene rings is 4. The number of ether oxygens (including phenoxy) is 1. The summed E-state index contributed by atoms with van der Waals surface area (Å²) < 4.78 is 5.81. The van der Waals surface area contributed by atoms with Gasteiger partial charge < -0.3 is 25.2 Å². The second-order valence-electron chi connectivity index (χ2n) is 5.69. The van der Waals surface area contributed by atoms with Crippen LogP contribution >= 0.6 is 0 Å². The SMILES string of the molecule is Oc1cc2ccccc2c(Oc2c(O)c(O)cc3ccccc23)c1O. The number of hydrogen-bond acceptors (Lipinski definition) is 5.